The molecule has 0 bridgehead atoms. The highest BCUT2D eigenvalue weighted by atomic mass is 35.5. The van der Waals surface area contributed by atoms with Crippen molar-refractivity contribution in [3.8, 4) is 0 Å². The standard InChI is InChI=1S/C24H29ClN2O4S/c1-24(2,3)31-21(29)9-11-27-10-8-18-20(14-27)32-19(22(18)23(26)30)13-17(28)12-15-4-6-16(25)7-5-15/h4-7H,8-14H2,1-3H3,(H2,26,30). The first-order valence-electron chi connectivity index (χ1n) is 10.7. The number of ketones is 1. The summed E-state index contributed by atoms with van der Waals surface area (Å²) in [4.78, 5) is 40.8. The van der Waals surface area contributed by atoms with Crippen molar-refractivity contribution in [1.82, 2.24) is 4.90 Å². The second-order valence-electron chi connectivity index (χ2n) is 9.05. The topological polar surface area (TPSA) is 89.7 Å². The van der Waals surface area contributed by atoms with E-state index >= 15 is 0 Å². The van der Waals surface area contributed by atoms with Crippen molar-refractivity contribution < 1.29 is 19.1 Å². The first-order valence-corrected chi connectivity index (χ1v) is 11.8. The van der Waals surface area contributed by atoms with Gasteiger partial charge in [0.1, 0.15) is 11.4 Å². The fourth-order valence-electron chi connectivity index (χ4n) is 3.83. The molecule has 2 heterocycles. The van der Waals surface area contributed by atoms with E-state index in [-0.39, 0.29) is 24.6 Å². The van der Waals surface area contributed by atoms with Crippen LogP contribution >= 0.6 is 22.9 Å². The zero-order valence-corrected chi connectivity index (χ0v) is 20.3. The summed E-state index contributed by atoms with van der Waals surface area (Å²) >= 11 is 7.39. The highest BCUT2D eigenvalue weighted by Gasteiger charge is 2.28. The predicted molar refractivity (Wildman–Crippen MR) is 126 cm³/mol. The molecule has 0 spiro atoms. The van der Waals surface area contributed by atoms with Gasteiger partial charge in [-0.15, -0.1) is 11.3 Å². The number of hydrogen-bond acceptors (Lipinski definition) is 6. The molecule has 1 aromatic carbocycles. The number of nitrogens with two attached hydrogens (primary N) is 1. The zero-order chi connectivity index (χ0) is 23.5. The molecule has 1 aliphatic rings. The van der Waals surface area contributed by atoms with Gasteiger partial charge in [-0.05, 0) is 50.5 Å². The van der Waals surface area contributed by atoms with Crippen LogP contribution < -0.4 is 5.73 Å². The van der Waals surface area contributed by atoms with Crippen LogP contribution in [-0.2, 0) is 40.1 Å². The second kappa shape index (κ2) is 10.1. The molecule has 0 saturated heterocycles. The zero-order valence-electron chi connectivity index (χ0n) is 18.7. The third kappa shape index (κ3) is 6.64. The molecule has 3 rings (SSSR count). The number of halogens is 1. The van der Waals surface area contributed by atoms with Crippen LogP contribution in [0.1, 0.15) is 58.4 Å². The molecule has 1 aliphatic heterocycles. The van der Waals surface area contributed by atoms with E-state index in [0.29, 0.717) is 36.5 Å². The maximum absolute atomic E-state index is 12.7. The summed E-state index contributed by atoms with van der Waals surface area (Å²) < 4.78 is 5.38. The third-order valence-corrected chi connectivity index (χ3v) is 6.65. The number of thiophene rings is 1. The Morgan fingerprint density at radius 2 is 1.84 bits per heavy atom. The lowest BCUT2D eigenvalue weighted by molar-refractivity contribution is -0.155. The Balaban J connectivity index is 1.66. The van der Waals surface area contributed by atoms with E-state index in [2.05, 4.69) is 4.90 Å². The molecule has 0 aliphatic carbocycles. The van der Waals surface area contributed by atoms with E-state index < -0.39 is 11.5 Å². The smallest absolute Gasteiger partial charge is 0.307 e. The summed E-state index contributed by atoms with van der Waals surface area (Å²) in [6.45, 7) is 7.50. The van der Waals surface area contributed by atoms with Crippen molar-refractivity contribution >= 4 is 40.6 Å². The summed E-state index contributed by atoms with van der Waals surface area (Å²) in [6, 6.07) is 7.18. The van der Waals surface area contributed by atoms with E-state index in [1.807, 2.05) is 32.9 Å². The van der Waals surface area contributed by atoms with Crippen LogP contribution in [0.2, 0.25) is 5.02 Å². The van der Waals surface area contributed by atoms with Crippen molar-refractivity contribution in [2.75, 3.05) is 13.1 Å². The van der Waals surface area contributed by atoms with Crippen LogP contribution in [0, 0.1) is 0 Å². The lowest BCUT2D eigenvalue weighted by Gasteiger charge is -2.27. The van der Waals surface area contributed by atoms with Gasteiger partial charge in [0.25, 0.3) is 0 Å². The fraction of sp³-hybridized carbons (Fsp3) is 0.458. The highest BCUT2D eigenvalue weighted by molar-refractivity contribution is 7.12. The predicted octanol–water partition coefficient (Wildman–Crippen LogP) is 3.94. The lowest BCUT2D eigenvalue weighted by atomic mass is 9.98. The van der Waals surface area contributed by atoms with E-state index in [9.17, 15) is 14.4 Å². The van der Waals surface area contributed by atoms with Crippen LogP contribution in [-0.4, -0.2) is 41.3 Å². The molecule has 32 heavy (non-hydrogen) atoms. The molecule has 8 heteroatoms. The molecule has 2 N–H and O–H groups in total. The number of nitrogens with zero attached hydrogens (tertiary/aromatic N) is 1. The summed E-state index contributed by atoms with van der Waals surface area (Å²) in [5, 5.41) is 0.624. The van der Waals surface area contributed by atoms with Gasteiger partial charge in [0.05, 0.1) is 12.0 Å². The van der Waals surface area contributed by atoms with Gasteiger partial charge in [-0.3, -0.25) is 19.3 Å². The van der Waals surface area contributed by atoms with E-state index in [0.717, 1.165) is 27.4 Å². The molecule has 0 radical (unpaired) electrons. The Morgan fingerprint density at radius 1 is 1.16 bits per heavy atom. The number of amides is 1. The van der Waals surface area contributed by atoms with Gasteiger partial charge < -0.3 is 10.5 Å². The van der Waals surface area contributed by atoms with Gasteiger partial charge in [0.15, 0.2) is 0 Å². The van der Waals surface area contributed by atoms with Gasteiger partial charge in [0.2, 0.25) is 5.91 Å². The molecule has 1 amide bonds. The molecule has 0 atom stereocenters. The molecule has 0 fully saturated rings. The molecule has 0 saturated carbocycles. The van der Waals surface area contributed by atoms with E-state index in [1.54, 1.807) is 12.1 Å². The first-order chi connectivity index (χ1) is 15.0. The molecule has 1 aromatic heterocycles. The maximum Gasteiger partial charge on any atom is 0.307 e. The van der Waals surface area contributed by atoms with E-state index in [4.69, 9.17) is 22.1 Å². The number of carbonyl (C=O) groups is 3. The number of carbonyl (C=O) groups excluding carboxylic acids is 3. The largest absolute Gasteiger partial charge is 0.460 e. The Kier molecular flexibility index (Phi) is 7.75. The number of esters is 1. The monoisotopic (exact) mass is 476 g/mol. The summed E-state index contributed by atoms with van der Waals surface area (Å²) in [5.74, 6) is -0.685. The van der Waals surface area contributed by atoms with Crippen LogP contribution in [0.4, 0.5) is 0 Å². The summed E-state index contributed by atoms with van der Waals surface area (Å²) in [7, 11) is 0. The maximum atomic E-state index is 12.7. The number of rotatable bonds is 8. The van der Waals surface area contributed by atoms with Gasteiger partial charge in [0, 0.05) is 47.3 Å². The fourth-order valence-corrected chi connectivity index (χ4v) is 5.39. The molecule has 6 nitrogen and oxygen atoms in total. The number of fused-ring (bicyclic) bond motifs is 1. The van der Waals surface area contributed by atoms with Crippen molar-refractivity contribution in [3.63, 3.8) is 0 Å². The van der Waals surface area contributed by atoms with Gasteiger partial charge >= 0.3 is 5.97 Å². The number of benzene rings is 1. The molecule has 2 aromatic rings. The lowest BCUT2D eigenvalue weighted by Crippen LogP contribution is -2.33. The Bertz CT molecular complexity index is 1010. The van der Waals surface area contributed by atoms with Gasteiger partial charge in [-0.2, -0.15) is 0 Å². The highest BCUT2D eigenvalue weighted by Crippen LogP contribution is 2.34. The number of Topliss-reactive ketones (excluding diaryl/α,β-unsaturated/α-hetero) is 1. The van der Waals surface area contributed by atoms with Gasteiger partial charge in [-0.25, -0.2) is 0 Å². The summed E-state index contributed by atoms with van der Waals surface area (Å²) in [5.41, 5.74) is 7.52. The Morgan fingerprint density at radius 3 is 2.47 bits per heavy atom. The second-order valence-corrected chi connectivity index (χ2v) is 10.7. The molecular weight excluding hydrogens is 448 g/mol. The molecule has 172 valence electrons. The third-order valence-electron chi connectivity index (χ3n) is 5.18. The van der Waals surface area contributed by atoms with Crippen LogP contribution in [0.5, 0.6) is 0 Å². The molecular formula is C24H29ClN2O4S. The summed E-state index contributed by atoms with van der Waals surface area (Å²) in [6.07, 6.45) is 1.44. The quantitative estimate of drug-likeness (QED) is 0.583. The minimum absolute atomic E-state index is 0.0233. The molecule has 0 unspecified atom stereocenters. The Hall–Kier alpha value is -2.22. The van der Waals surface area contributed by atoms with Gasteiger partial charge in [-0.1, -0.05) is 23.7 Å². The van der Waals surface area contributed by atoms with Crippen molar-refractivity contribution in [2.45, 2.75) is 58.6 Å². The average Bonchev–Trinajstić information content (AvgIpc) is 3.03. The number of ether oxygens (including phenoxy) is 1. The van der Waals surface area contributed by atoms with Crippen LogP contribution in [0.25, 0.3) is 0 Å². The number of hydrogen-bond donors (Lipinski definition) is 1. The number of primary amides is 1. The van der Waals surface area contributed by atoms with Crippen molar-refractivity contribution in [1.29, 1.82) is 0 Å². The minimum Gasteiger partial charge on any atom is -0.460 e. The first kappa shape index (κ1) is 24.4. The van der Waals surface area contributed by atoms with E-state index in [1.165, 1.54) is 11.3 Å². The minimum atomic E-state index is -0.496. The van der Waals surface area contributed by atoms with Crippen molar-refractivity contribution in [2.24, 2.45) is 5.73 Å². The average molecular weight is 477 g/mol. The Labute approximate surface area is 197 Å². The van der Waals surface area contributed by atoms with Crippen molar-refractivity contribution in [3.05, 3.63) is 55.7 Å². The SMILES string of the molecule is CC(C)(C)OC(=O)CCN1CCc2c(sc(CC(=O)Cc3ccc(Cl)cc3)c2C(N)=O)C1. The normalized spacial score (nSPS) is 14.1. The van der Waals surface area contributed by atoms with Crippen LogP contribution in [0.15, 0.2) is 24.3 Å². The van der Waals surface area contributed by atoms with Crippen LogP contribution in [0.3, 0.4) is 0 Å².